The molecule has 2 aromatic rings. The second kappa shape index (κ2) is 12.8. The maximum Gasteiger partial charge on any atom is 0.244 e. The third kappa shape index (κ3) is 8.00. The number of amides is 2. The molecule has 7 nitrogen and oxygen atoms in total. The molecule has 2 atom stereocenters. The Morgan fingerprint density at radius 3 is 2.20 bits per heavy atom. The average molecular weight is 563 g/mol. The summed E-state index contributed by atoms with van der Waals surface area (Å²) >= 11 is 18.6. The van der Waals surface area contributed by atoms with Crippen LogP contribution in [0.25, 0.3) is 0 Å². The smallest absolute Gasteiger partial charge is 0.244 e. The van der Waals surface area contributed by atoms with Crippen molar-refractivity contribution in [2.45, 2.75) is 52.2 Å². The van der Waals surface area contributed by atoms with Gasteiger partial charge in [-0.15, -0.1) is 0 Å². The van der Waals surface area contributed by atoms with E-state index >= 15 is 0 Å². The van der Waals surface area contributed by atoms with Crippen LogP contribution in [0.15, 0.2) is 42.5 Å². The third-order valence-corrected chi connectivity index (χ3v) is 7.58. The molecule has 0 fully saturated rings. The van der Waals surface area contributed by atoms with E-state index < -0.39 is 28.5 Å². The Bertz CT molecular complexity index is 1160. The molecule has 1 N–H and O–H groups in total. The van der Waals surface area contributed by atoms with Crippen LogP contribution >= 0.6 is 34.8 Å². The van der Waals surface area contributed by atoms with Crippen LogP contribution in [0.1, 0.15) is 39.2 Å². The molecule has 2 rings (SSSR count). The highest BCUT2D eigenvalue weighted by Gasteiger charge is 2.33. The number of nitrogens with one attached hydrogen (secondary N) is 1. The predicted molar refractivity (Wildman–Crippen MR) is 143 cm³/mol. The fraction of sp³-hybridized carbons (Fsp3) is 0.417. The van der Waals surface area contributed by atoms with Gasteiger partial charge in [-0.1, -0.05) is 66.8 Å². The van der Waals surface area contributed by atoms with E-state index in [0.717, 1.165) is 10.6 Å². The molecule has 2 amide bonds. The number of nitrogens with zero attached hydrogens (tertiary/aromatic N) is 2. The van der Waals surface area contributed by atoms with Gasteiger partial charge in [-0.3, -0.25) is 13.9 Å². The monoisotopic (exact) mass is 561 g/mol. The minimum absolute atomic E-state index is 0.0125. The van der Waals surface area contributed by atoms with Crippen LogP contribution in [-0.4, -0.2) is 50.0 Å². The third-order valence-electron chi connectivity index (χ3n) is 5.54. The number of halogens is 3. The first-order chi connectivity index (χ1) is 16.4. The Labute approximate surface area is 222 Å². The Morgan fingerprint density at radius 2 is 1.66 bits per heavy atom. The molecule has 2 aromatic carbocycles. The summed E-state index contributed by atoms with van der Waals surface area (Å²) in [5, 5.41) is 3.85. The lowest BCUT2D eigenvalue weighted by Gasteiger charge is -2.33. The van der Waals surface area contributed by atoms with Crippen molar-refractivity contribution in [3.8, 4) is 0 Å². The van der Waals surface area contributed by atoms with Gasteiger partial charge in [0, 0.05) is 22.6 Å². The van der Waals surface area contributed by atoms with Crippen LogP contribution in [-0.2, 0) is 26.2 Å². The maximum absolute atomic E-state index is 13.7. The zero-order valence-corrected chi connectivity index (χ0v) is 23.2. The van der Waals surface area contributed by atoms with E-state index in [1.54, 1.807) is 43.3 Å². The summed E-state index contributed by atoms with van der Waals surface area (Å²) in [7, 11) is -3.87. The minimum atomic E-state index is -3.87. The van der Waals surface area contributed by atoms with Gasteiger partial charge in [-0.05, 0) is 49.6 Å². The molecule has 0 aromatic heterocycles. The molecule has 0 bridgehead atoms. The summed E-state index contributed by atoms with van der Waals surface area (Å²) in [5.41, 5.74) is 0.745. The molecule has 11 heteroatoms. The molecule has 0 aliphatic heterocycles. The van der Waals surface area contributed by atoms with Crippen molar-refractivity contribution in [1.29, 1.82) is 0 Å². The highest BCUT2D eigenvalue weighted by atomic mass is 35.5. The van der Waals surface area contributed by atoms with Crippen molar-refractivity contribution in [1.82, 2.24) is 10.2 Å². The van der Waals surface area contributed by atoms with E-state index in [9.17, 15) is 18.0 Å². The SMILES string of the molecule is CC[C@@H](C)NC(=O)[C@@H](CC)N(Cc1ccc(Cl)cc1Cl)C(=O)CN(c1ccccc1Cl)S(C)(=O)=O. The Morgan fingerprint density at radius 1 is 1.00 bits per heavy atom. The van der Waals surface area contributed by atoms with E-state index in [-0.39, 0.29) is 29.2 Å². The van der Waals surface area contributed by atoms with Gasteiger partial charge in [0.15, 0.2) is 0 Å². The van der Waals surface area contributed by atoms with Gasteiger partial charge in [0.2, 0.25) is 21.8 Å². The number of rotatable bonds is 11. The van der Waals surface area contributed by atoms with E-state index in [2.05, 4.69) is 5.32 Å². The van der Waals surface area contributed by atoms with Crippen molar-refractivity contribution < 1.29 is 18.0 Å². The van der Waals surface area contributed by atoms with E-state index in [1.165, 1.54) is 11.0 Å². The molecule has 0 aliphatic carbocycles. The summed E-state index contributed by atoms with van der Waals surface area (Å²) in [6.07, 6.45) is 2.02. The van der Waals surface area contributed by atoms with Crippen molar-refractivity contribution in [3.63, 3.8) is 0 Å². The Balaban J connectivity index is 2.49. The molecule has 192 valence electrons. The number of hydrogen-bond acceptors (Lipinski definition) is 4. The number of hydrogen-bond donors (Lipinski definition) is 1. The Hall–Kier alpha value is -2.00. The van der Waals surface area contributed by atoms with Crippen LogP contribution in [0.4, 0.5) is 5.69 Å². The van der Waals surface area contributed by atoms with Crippen LogP contribution in [0.5, 0.6) is 0 Å². The molecule has 0 radical (unpaired) electrons. The standard InChI is InChI=1S/C24H30Cl3N3O4S/c1-5-16(3)28-24(32)21(6-2)29(14-17-11-12-18(25)13-20(17)27)23(31)15-30(35(4,33)34)22-10-8-7-9-19(22)26/h7-13,16,21H,5-6,14-15H2,1-4H3,(H,28,32)/t16-,21-/m1/s1. The Kier molecular flexibility index (Phi) is 10.7. The molecular weight excluding hydrogens is 533 g/mol. The molecular formula is C24H30Cl3N3O4S. The molecule has 0 saturated heterocycles. The fourth-order valence-electron chi connectivity index (χ4n) is 3.44. The number of benzene rings is 2. The van der Waals surface area contributed by atoms with Crippen LogP contribution in [0, 0.1) is 0 Å². The second-order valence-electron chi connectivity index (χ2n) is 8.22. The fourth-order valence-corrected chi connectivity index (χ4v) is 5.06. The number of anilines is 1. The summed E-state index contributed by atoms with van der Waals surface area (Å²) in [4.78, 5) is 28.1. The molecule has 0 aliphatic rings. The number of carbonyl (C=O) groups is 2. The second-order valence-corrected chi connectivity index (χ2v) is 11.4. The number of sulfonamides is 1. The van der Waals surface area contributed by atoms with Gasteiger partial charge >= 0.3 is 0 Å². The molecule has 0 saturated carbocycles. The van der Waals surface area contributed by atoms with E-state index in [4.69, 9.17) is 34.8 Å². The molecule has 0 unspecified atom stereocenters. The van der Waals surface area contributed by atoms with Crippen molar-refractivity contribution in [2.24, 2.45) is 0 Å². The van der Waals surface area contributed by atoms with Crippen LogP contribution in [0.3, 0.4) is 0 Å². The summed E-state index contributed by atoms with van der Waals surface area (Å²) in [5.74, 6) is -0.906. The first-order valence-corrected chi connectivity index (χ1v) is 14.1. The van der Waals surface area contributed by atoms with Crippen LogP contribution < -0.4 is 9.62 Å². The first-order valence-electron chi connectivity index (χ1n) is 11.1. The number of para-hydroxylation sites is 1. The van der Waals surface area contributed by atoms with Crippen LogP contribution in [0.2, 0.25) is 15.1 Å². The normalized spacial score (nSPS) is 13.1. The van der Waals surface area contributed by atoms with Crippen molar-refractivity contribution >= 4 is 62.3 Å². The molecule has 35 heavy (non-hydrogen) atoms. The molecule has 0 heterocycles. The predicted octanol–water partition coefficient (Wildman–Crippen LogP) is 5.13. The summed E-state index contributed by atoms with van der Waals surface area (Å²) < 4.78 is 26.2. The highest BCUT2D eigenvalue weighted by molar-refractivity contribution is 7.92. The van der Waals surface area contributed by atoms with Gasteiger partial charge in [-0.2, -0.15) is 0 Å². The van der Waals surface area contributed by atoms with Gasteiger partial charge in [0.25, 0.3) is 0 Å². The first kappa shape index (κ1) is 29.2. The lowest BCUT2D eigenvalue weighted by molar-refractivity contribution is -0.140. The average Bonchev–Trinajstić information content (AvgIpc) is 2.78. The van der Waals surface area contributed by atoms with E-state index in [1.807, 2.05) is 13.8 Å². The van der Waals surface area contributed by atoms with Crippen molar-refractivity contribution in [2.75, 3.05) is 17.1 Å². The highest BCUT2D eigenvalue weighted by Crippen LogP contribution is 2.28. The summed E-state index contributed by atoms with van der Waals surface area (Å²) in [6, 6.07) is 10.3. The van der Waals surface area contributed by atoms with Gasteiger partial charge in [0.1, 0.15) is 12.6 Å². The summed E-state index contributed by atoms with van der Waals surface area (Å²) in [6.45, 7) is 5.04. The zero-order valence-electron chi connectivity index (χ0n) is 20.1. The van der Waals surface area contributed by atoms with Crippen molar-refractivity contribution in [3.05, 3.63) is 63.1 Å². The minimum Gasteiger partial charge on any atom is -0.352 e. The number of carbonyl (C=O) groups excluding carboxylic acids is 2. The maximum atomic E-state index is 13.7. The quantitative estimate of drug-likeness (QED) is 0.411. The van der Waals surface area contributed by atoms with Gasteiger partial charge in [0.05, 0.1) is 17.0 Å². The lowest BCUT2D eigenvalue weighted by Crippen LogP contribution is -2.53. The largest absolute Gasteiger partial charge is 0.352 e. The lowest BCUT2D eigenvalue weighted by atomic mass is 10.1. The zero-order chi connectivity index (χ0) is 26.3. The van der Waals surface area contributed by atoms with Gasteiger partial charge in [-0.25, -0.2) is 8.42 Å². The molecule has 0 spiro atoms. The van der Waals surface area contributed by atoms with Gasteiger partial charge < -0.3 is 10.2 Å². The topological polar surface area (TPSA) is 86.8 Å². The van der Waals surface area contributed by atoms with E-state index in [0.29, 0.717) is 28.5 Å².